The van der Waals surface area contributed by atoms with Crippen molar-refractivity contribution in [2.45, 2.75) is 45.3 Å². The first-order chi connectivity index (χ1) is 11.4. The first-order valence-corrected chi connectivity index (χ1v) is 9.26. The lowest BCUT2D eigenvalue weighted by Crippen LogP contribution is -2.46. The smallest absolute Gasteiger partial charge is 0.215 e. The maximum Gasteiger partial charge on any atom is 0.215 e. The van der Waals surface area contributed by atoms with Crippen molar-refractivity contribution in [1.29, 1.82) is 0 Å². The molecule has 1 aromatic carbocycles. The molecule has 0 bridgehead atoms. The van der Waals surface area contributed by atoms with E-state index in [1.807, 2.05) is 24.3 Å². The van der Waals surface area contributed by atoms with E-state index in [0.717, 1.165) is 24.3 Å². The number of hydrogen-bond donors (Lipinski definition) is 2. The van der Waals surface area contributed by atoms with Crippen molar-refractivity contribution >= 4 is 23.8 Å². The third kappa shape index (κ3) is 3.44. The van der Waals surface area contributed by atoms with E-state index < -0.39 is 5.60 Å². The molecule has 0 saturated heterocycles. The molecule has 2 N–H and O–H groups in total. The van der Waals surface area contributed by atoms with Gasteiger partial charge in [0, 0.05) is 5.02 Å². The minimum atomic E-state index is -0.793. The van der Waals surface area contributed by atoms with Gasteiger partial charge in [0.15, 0.2) is 0 Å². The lowest BCUT2D eigenvalue weighted by molar-refractivity contribution is -0.0670. The molecule has 0 spiro atoms. The van der Waals surface area contributed by atoms with Gasteiger partial charge in [-0.15, -0.1) is 0 Å². The zero-order chi connectivity index (χ0) is 17.3. The van der Waals surface area contributed by atoms with E-state index in [-0.39, 0.29) is 11.8 Å². The topological polar surface area (TPSA) is 53.8 Å². The van der Waals surface area contributed by atoms with Crippen LogP contribution in [0.3, 0.4) is 0 Å². The summed E-state index contributed by atoms with van der Waals surface area (Å²) in [4.78, 5) is 4.07. The Morgan fingerprint density at radius 2 is 2.08 bits per heavy atom. The van der Waals surface area contributed by atoms with Crippen LogP contribution in [0.2, 0.25) is 5.02 Å². The van der Waals surface area contributed by atoms with Crippen LogP contribution in [0.4, 0.5) is 0 Å². The zero-order valence-electron chi connectivity index (χ0n) is 14.1. The van der Waals surface area contributed by atoms with Crippen molar-refractivity contribution < 1.29 is 5.11 Å². The van der Waals surface area contributed by atoms with Crippen molar-refractivity contribution in [2.75, 3.05) is 0 Å². The van der Waals surface area contributed by atoms with Crippen LogP contribution in [0.15, 0.2) is 30.6 Å². The molecule has 6 heteroatoms. The number of rotatable bonds is 5. The fraction of sp³-hybridized carbons (Fsp3) is 0.556. The van der Waals surface area contributed by atoms with E-state index in [1.54, 1.807) is 11.0 Å². The van der Waals surface area contributed by atoms with Crippen LogP contribution in [0.1, 0.15) is 32.3 Å². The van der Waals surface area contributed by atoms with Gasteiger partial charge in [0.25, 0.3) is 0 Å². The van der Waals surface area contributed by atoms with Gasteiger partial charge in [0.2, 0.25) is 4.77 Å². The molecule has 1 aliphatic carbocycles. The Morgan fingerprint density at radius 1 is 1.38 bits per heavy atom. The summed E-state index contributed by atoms with van der Waals surface area (Å²) in [5.41, 5.74) is 0.416. The number of hydrogen-bond acceptors (Lipinski definition) is 3. The number of nitrogens with zero attached hydrogens (tertiary/aromatic N) is 2. The van der Waals surface area contributed by atoms with Gasteiger partial charge < -0.3 is 5.11 Å². The molecule has 130 valence electrons. The van der Waals surface area contributed by atoms with Crippen LogP contribution < -0.4 is 0 Å². The second-order valence-electron chi connectivity index (χ2n) is 7.20. The average molecular weight is 366 g/mol. The Hall–Kier alpha value is -1.17. The molecule has 3 rings (SSSR count). The molecule has 0 aliphatic heterocycles. The normalized spacial score (nSPS) is 27.0. The van der Waals surface area contributed by atoms with Gasteiger partial charge in [0.1, 0.15) is 6.33 Å². The highest BCUT2D eigenvalue weighted by molar-refractivity contribution is 7.71. The molecule has 1 heterocycles. The van der Waals surface area contributed by atoms with Crippen molar-refractivity contribution in [3.05, 3.63) is 45.9 Å². The van der Waals surface area contributed by atoms with Crippen molar-refractivity contribution in [1.82, 2.24) is 14.8 Å². The summed E-state index contributed by atoms with van der Waals surface area (Å²) in [7, 11) is 0. The quantitative estimate of drug-likeness (QED) is 0.779. The Bertz CT molecular complexity index is 739. The van der Waals surface area contributed by atoms with Gasteiger partial charge >= 0.3 is 0 Å². The summed E-state index contributed by atoms with van der Waals surface area (Å²) in [6.07, 6.45) is 4.48. The lowest BCUT2D eigenvalue weighted by Gasteiger charge is -2.37. The highest BCUT2D eigenvalue weighted by Gasteiger charge is 2.50. The van der Waals surface area contributed by atoms with Crippen molar-refractivity contribution in [3.8, 4) is 0 Å². The largest absolute Gasteiger partial charge is 0.387 e. The van der Waals surface area contributed by atoms with Crippen LogP contribution in [-0.2, 0) is 13.0 Å². The molecule has 1 saturated carbocycles. The molecule has 3 atom stereocenters. The molecule has 0 radical (unpaired) electrons. The highest BCUT2D eigenvalue weighted by atomic mass is 35.5. The Kier molecular flexibility index (Phi) is 5.13. The minimum absolute atomic E-state index is 0.191. The number of nitrogens with one attached hydrogen (secondary N) is 1. The maximum atomic E-state index is 11.7. The van der Waals surface area contributed by atoms with Gasteiger partial charge in [0.05, 0.1) is 12.1 Å². The van der Waals surface area contributed by atoms with E-state index >= 15 is 0 Å². The Morgan fingerprint density at radius 3 is 2.67 bits per heavy atom. The zero-order valence-corrected chi connectivity index (χ0v) is 15.6. The Balaban J connectivity index is 1.87. The van der Waals surface area contributed by atoms with Crippen LogP contribution in [0, 0.1) is 22.5 Å². The Labute approximate surface area is 152 Å². The number of benzene rings is 1. The number of aromatic amines is 1. The average Bonchev–Trinajstić information content (AvgIpc) is 3.06. The van der Waals surface area contributed by atoms with E-state index in [9.17, 15) is 5.11 Å². The summed E-state index contributed by atoms with van der Waals surface area (Å²) in [6, 6.07) is 7.92. The van der Waals surface area contributed by atoms with Gasteiger partial charge in [-0.3, -0.25) is 9.78 Å². The van der Waals surface area contributed by atoms with Gasteiger partial charge in [-0.2, -0.15) is 0 Å². The first-order valence-electron chi connectivity index (χ1n) is 8.47. The molecule has 1 fully saturated rings. The standard InChI is InChI=1S/C18H24ClN3OS/c1-12(2)16-8-5-14(9-13-3-6-15(19)7-4-13)18(16,23)10-22-17(24)20-11-21-22/h3-4,6-7,11-12,14,16,23H,5,8-10H2,1-2H3,(H,20,21,24). The third-order valence-electron chi connectivity index (χ3n) is 5.41. The molecule has 4 nitrogen and oxygen atoms in total. The van der Waals surface area contributed by atoms with E-state index in [4.69, 9.17) is 23.8 Å². The van der Waals surface area contributed by atoms with E-state index in [2.05, 4.69) is 23.9 Å². The summed E-state index contributed by atoms with van der Waals surface area (Å²) in [5, 5.41) is 15.4. The fourth-order valence-corrected chi connectivity index (χ4v) is 4.47. The minimum Gasteiger partial charge on any atom is -0.387 e. The molecular formula is C18H24ClN3OS. The SMILES string of the molecule is CC(C)C1CCC(Cc2ccc(Cl)cc2)C1(O)Cn1[nH]cnc1=S. The van der Waals surface area contributed by atoms with E-state index in [1.165, 1.54) is 5.56 Å². The second kappa shape index (κ2) is 6.98. The summed E-state index contributed by atoms with van der Waals surface area (Å²) >= 11 is 11.2. The highest BCUT2D eigenvalue weighted by Crippen LogP contribution is 2.46. The van der Waals surface area contributed by atoms with Crippen LogP contribution in [0.5, 0.6) is 0 Å². The van der Waals surface area contributed by atoms with E-state index in [0.29, 0.717) is 17.2 Å². The fourth-order valence-electron chi connectivity index (χ4n) is 4.17. The number of H-pyrrole nitrogens is 1. The molecule has 24 heavy (non-hydrogen) atoms. The second-order valence-corrected chi connectivity index (χ2v) is 8.00. The number of aromatic nitrogens is 3. The van der Waals surface area contributed by atoms with Crippen molar-refractivity contribution in [3.63, 3.8) is 0 Å². The molecule has 1 aromatic heterocycles. The summed E-state index contributed by atoms with van der Waals surface area (Å²) < 4.78 is 2.27. The van der Waals surface area contributed by atoms with Gasteiger partial charge in [-0.25, -0.2) is 4.98 Å². The number of aliphatic hydroxyl groups is 1. The van der Waals surface area contributed by atoms with Gasteiger partial charge in [-0.1, -0.05) is 37.6 Å². The molecule has 1 aliphatic rings. The van der Waals surface area contributed by atoms with Crippen LogP contribution >= 0.6 is 23.8 Å². The van der Waals surface area contributed by atoms with Crippen molar-refractivity contribution in [2.24, 2.45) is 17.8 Å². The van der Waals surface area contributed by atoms with Gasteiger partial charge in [-0.05, 0) is 66.9 Å². The molecule has 0 amide bonds. The van der Waals surface area contributed by atoms with Crippen LogP contribution in [-0.4, -0.2) is 25.5 Å². The summed E-state index contributed by atoms with van der Waals surface area (Å²) in [5.74, 6) is 0.860. The van der Waals surface area contributed by atoms with Crippen LogP contribution in [0.25, 0.3) is 0 Å². The predicted molar refractivity (Wildman–Crippen MR) is 98.6 cm³/mol. The number of halogens is 1. The summed E-state index contributed by atoms with van der Waals surface area (Å²) in [6.45, 7) is 4.84. The molecular weight excluding hydrogens is 342 g/mol. The first kappa shape index (κ1) is 17.6. The maximum absolute atomic E-state index is 11.7. The molecule has 2 aromatic rings. The predicted octanol–water partition coefficient (Wildman–Crippen LogP) is 4.25. The monoisotopic (exact) mass is 365 g/mol. The third-order valence-corrected chi connectivity index (χ3v) is 5.98. The molecule has 3 unspecified atom stereocenters. The lowest BCUT2D eigenvalue weighted by atomic mass is 9.76.